The summed E-state index contributed by atoms with van der Waals surface area (Å²) in [5, 5.41) is 0. The predicted molar refractivity (Wildman–Crippen MR) is 70.9 cm³/mol. The first-order valence-corrected chi connectivity index (χ1v) is 6.51. The second-order valence-corrected chi connectivity index (χ2v) is 5.11. The van der Waals surface area contributed by atoms with Crippen LogP contribution in [0.4, 0.5) is 0 Å². The van der Waals surface area contributed by atoms with E-state index in [4.69, 9.17) is 4.74 Å². The smallest absolute Gasteiger partial charge is 0.0594 e. The lowest BCUT2D eigenvalue weighted by molar-refractivity contribution is 0.0380. The van der Waals surface area contributed by atoms with Crippen molar-refractivity contribution in [2.75, 3.05) is 53.5 Å². The van der Waals surface area contributed by atoms with Crippen LogP contribution in [0.5, 0.6) is 0 Å². The van der Waals surface area contributed by atoms with Crippen molar-refractivity contribution in [2.24, 2.45) is 5.92 Å². The molecule has 0 aromatic heterocycles. The average molecular weight is 230 g/mol. The van der Waals surface area contributed by atoms with Crippen molar-refractivity contribution in [1.29, 1.82) is 0 Å². The minimum atomic E-state index is 0.801. The number of ether oxygens (including phenoxy) is 1. The summed E-state index contributed by atoms with van der Waals surface area (Å²) >= 11 is 0. The van der Waals surface area contributed by atoms with E-state index in [9.17, 15) is 0 Å². The van der Waals surface area contributed by atoms with Gasteiger partial charge in [0, 0.05) is 13.1 Å². The Hall–Kier alpha value is -0.120. The molecule has 3 nitrogen and oxygen atoms in total. The average Bonchev–Trinajstić information content (AvgIpc) is 2.18. The maximum absolute atomic E-state index is 5.20. The van der Waals surface area contributed by atoms with E-state index in [-0.39, 0.29) is 0 Å². The molecule has 1 saturated heterocycles. The molecule has 0 saturated carbocycles. The highest BCUT2D eigenvalue weighted by molar-refractivity contribution is 4.59. The van der Waals surface area contributed by atoms with Crippen molar-refractivity contribution in [3.63, 3.8) is 0 Å². The van der Waals surface area contributed by atoms with Crippen LogP contribution in [-0.4, -0.2) is 63.3 Å². The van der Waals surface area contributed by atoms with Gasteiger partial charge in [0.25, 0.3) is 0 Å². The summed E-state index contributed by atoms with van der Waals surface area (Å²) < 4.78 is 5.20. The highest BCUT2D eigenvalue weighted by Gasteiger charge is 2.07. The zero-order valence-electron chi connectivity index (χ0n) is 11.8. The Bertz CT molecular complexity index is 134. The summed E-state index contributed by atoms with van der Waals surface area (Å²) in [7, 11) is 4.19. The molecule has 1 heterocycles. The van der Waals surface area contributed by atoms with E-state index in [0.717, 1.165) is 32.2 Å². The number of rotatable bonds is 4. The molecule has 1 aliphatic rings. The van der Waals surface area contributed by atoms with Crippen LogP contribution in [0.2, 0.25) is 0 Å². The summed E-state index contributed by atoms with van der Waals surface area (Å²) in [5.74, 6) is 0.801. The minimum Gasteiger partial charge on any atom is -0.379 e. The van der Waals surface area contributed by atoms with Gasteiger partial charge in [-0.2, -0.15) is 0 Å². The molecule has 16 heavy (non-hydrogen) atoms. The summed E-state index contributed by atoms with van der Waals surface area (Å²) in [6.45, 7) is 13.2. The van der Waals surface area contributed by atoms with E-state index in [0.29, 0.717) is 0 Å². The Balaban J connectivity index is 0.000000293. The quantitative estimate of drug-likeness (QED) is 0.734. The first-order chi connectivity index (χ1) is 7.56. The van der Waals surface area contributed by atoms with Crippen molar-refractivity contribution in [1.82, 2.24) is 9.80 Å². The third kappa shape index (κ3) is 10.4. The molecule has 0 unspecified atom stereocenters. The summed E-state index contributed by atoms with van der Waals surface area (Å²) in [4.78, 5) is 4.65. The summed E-state index contributed by atoms with van der Waals surface area (Å²) in [6, 6.07) is 0. The zero-order chi connectivity index (χ0) is 12.4. The molecule has 0 radical (unpaired) electrons. The Morgan fingerprint density at radius 3 is 2.06 bits per heavy atom. The Labute approximate surface area is 102 Å². The molecule has 0 N–H and O–H groups in total. The number of morpholine rings is 1. The lowest BCUT2D eigenvalue weighted by Crippen LogP contribution is -2.36. The van der Waals surface area contributed by atoms with Crippen molar-refractivity contribution >= 4 is 0 Å². The normalized spacial score (nSPS) is 17.4. The van der Waals surface area contributed by atoms with Crippen LogP contribution in [0.1, 0.15) is 27.2 Å². The molecule has 1 rings (SSSR count). The zero-order valence-corrected chi connectivity index (χ0v) is 11.8. The molecule has 3 heteroatoms. The van der Waals surface area contributed by atoms with Crippen molar-refractivity contribution in [2.45, 2.75) is 27.2 Å². The molecule has 0 aromatic rings. The lowest BCUT2D eigenvalue weighted by atomic mass is 10.2. The van der Waals surface area contributed by atoms with E-state index in [1.165, 1.54) is 19.5 Å². The van der Waals surface area contributed by atoms with Gasteiger partial charge in [0.15, 0.2) is 0 Å². The Kier molecular flexibility index (Phi) is 9.99. The van der Waals surface area contributed by atoms with Crippen LogP contribution in [-0.2, 0) is 4.74 Å². The van der Waals surface area contributed by atoms with Crippen molar-refractivity contribution in [3.05, 3.63) is 0 Å². The number of hydrogen-bond acceptors (Lipinski definition) is 3. The topological polar surface area (TPSA) is 15.7 Å². The predicted octanol–water partition coefficient (Wildman–Crippen LogP) is 1.93. The van der Waals surface area contributed by atoms with Gasteiger partial charge in [-0.1, -0.05) is 20.8 Å². The molecule has 0 aromatic carbocycles. The minimum absolute atomic E-state index is 0.801. The highest BCUT2D eigenvalue weighted by Crippen LogP contribution is 1.96. The van der Waals surface area contributed by atoms with Gasteiger partial charge in [-0.05, 0) is 39.5 Å². The Morgan fingerprint density at radius 2 is 1.75 bits per heavy atom. The molecule has 0 aliphatic carbocycles. The third-order valence-electron chi connectivity index (χ3n) is 2.37. The monoisotopic (exact) mass is 230 g/mol. The molecule has 0 amide bonds. The van der Waals surface area contributed by atoms with Crippen LogP contribution < -0.4 is 0 Å². The van der Waals surface area contributed by atoms with Gasteiger partial charge in [0.1, 0.15) is 0 Å². The van der Waals surface area contributed by atoms with Crippen molar-refractivity contribution < 1.29 is 4.74 Å². The van der Waals surface area contributed by atoms with Gasteiger partial charge >= 0.3 is 0 Å². The summed E-state index contributed by atoms with van der Waals surface area (Å²) in [5.41, 5.74) is 0. The number of hydrogen-bond donors (Lipinski definition) is 0. The second-order valence-electron chi connectivity index (χ2n) is 5.11. The van der Waals surface area contributed by atoms with Crippen LogP contribution in [0.25, 0.3) is 0 Å². The molecular weight excluding hydrogens is 200 g/mol. The van der Waals surface area contributed by atoms with Crippen LogP contribution in [0, 0.1) is 5.92 Å². The SMILES string of the molecule is CC(C)CN(C)C.CCCN1CCOCC1. The van der Waals surface area contributed by atoms with E-state index in [2.05, 4.69) is 44.7 Å². The largest absolute Gasteiger partial charge is 0.379 e. The maximum atomic E-state index is 5.20. The second kappa shape index (κ2) is 10.1. The molecule has 98 valence electrons. The first-order valence-electron chi connectivity index (χ1n) is 6.51. The van der Waals surface area contributed by atoms with Gasteiger partial charge in [0.2, 0.25) is 0 Å². The van der Waals surface area contributed by atoms with Gasteiger partial charge in [-0.25, -0.2) is 0 Å². The highest BCUT2D eigenvalue weighted by atomic mass is 16.5. The van der Waals surface area contributed by atoms with E-state index < -0.39 is 0 Å². The van der Waals surface area contributed by atoms with E-state index in [1.807, 2.05) is 0 Å². The number of nitrogens with zero attached hydrogens (tertiary/aromatic N) is 2. The van der Waals surface area contributed by atoms with Crippen molar-refractivity contribution in [3.8, 4) is 0 Å². The lowest BCUT2D eigenvalue weighted by Gasteiger charge is -2.25. The standard InChI is InChI=1S/C7H15NO.C6H15N/c1-2-3-8-4-6-9-7-5-8;1-6(2)5-7(3)4/h2-7H2,1H3;6H,5H2,1-4H3. The fraction of sp³-hybridized carbons (Fsp3) is 1.00. The van der Waals surface area contributed by atoms with Crippen LogP contribution in [0.15, 0.2) is 0 Å². The molecule has 0 spiro atoms. The maximum Gasteiger partial charge on any atom is 0.0594 e. The van der Waals surface area contributed by atoms with Gasteiger partial charge in [0.05, 0.1) is 13.2 Å². The van der Waals surface area contributed by atoms with Gasteiger partial charge in [-0.15, -0.1) is 0 Å². The molecule has 0 atom stereocenters. The molecular formula is C13H30N2O. The third-order valence-corrected chi connectivity index (χ3v) is 2.37. The first kappa shape index (κ1) is 15.9. The van der Waals surface area contributed by atoms with Crippen LogP contribution >= 0.6 is 0 Å². The van der Waals surface area contributed by atoms with E-state index >= 15 is 0 Å². The van der Waals surface area contributed by atoms with E-state index in [1.54, 1.807) is 0 Å². The van der Waals surface area contributed by atoms with Gasteiger partial charge in [-0.3, -0.25) is 4.90 Å². The fourth-order valence-electron chi connectivity index (χ4n) is 1.87. The molecule has 1 aliphatic heterocycles. The molecule has 0 bridgehead atoms. The molecule has 1 fully saturated rings. The van der Waals surface area contributed by atoms with Gasteiger partial charge < -0.3 is 9.64 Å². The fourth-order valence-corrected chi connectivity index (χ4v) is 1.87. The summed E-state index contributed by atoms with van der Waals surface area (Å²) in [6.07, 6.45) is 1.26. The van der Waals surface area contributed by atoms with Crippen LogP contribution in [0.3, 0.4) is 0 Å². The Morgan fingerprint density at radius 1 is 1.19 bits per heavy atom.